The summed E-state index contributed by atoms with van der Waals surface area (Å²) in [6.45, 7) is 6.02. The highest BCUT2D eigenvalue weighted by atomic mass is 19.4. The van der Waals surface area contributed by atoms with E-state index in [1.807, 2.05) is 32.0 Å². The maximum atomic E-state index is 13.1. The number of alkyl halides is 3. The van der Waals surface area contributed by atoms with E-state index in [9.17, 15) is 22.8 Å². The SMILES string of the molecule is CC[NH+](CC(=O)Nc1ccc(C)cc1C)CC(=O)Nc1ccccc1C(F)(F)F. The largest absolute Gasteiger partial charge is 0.418 e. The number of likely N-dealkylation sites (N-methyl/N-ethyl adjacent to an activating group) is 1. The first kappa shape index (κ1) is 22.4. The molecule has 8 heteroatoms. The van der Waals surface area contributed by atoms with Gasteiger partial charge in [0, 0.05) is 5.69 Å². The van der Waals surface area contributed by atoms with Crippen LogP contribution in [0.4, 0.5) is 24.5 Å². The second-order valence-corrected chi connectivity index (χ2v) is 6.92. The Hall–Kier alpha value is -2.87. The Labute approximate surface area is 167 Å². The van der Waals surface area contributed by atoms with E-state index in [-0.39, 0.29) is 24.7 Å². The molecular weight excluding hydrogens is 383 g/mol. The fourth-order valence-corrected chi connectivity index (χ4v) is 2.95. The van der Waals surface area contributed by atoms with Gasteiger partial charge in [0.2, 0.25) is 0 Å². The molecule has 0 fully saturated rings. The van der Waals surface area contributed by atoms with Crippen LogP contribution in [-0.2, 0) is 15.8 Å². The molecule has 1 atom stereocenters. The third-order valence-electron chi connectivity index (χ3n) is 4.48. The van der Waals surface area contributed by atoms with Crippen LogP contribution in [0.25, 0.3) is 0 Å². The molecule has 0 heterocycles. The summed E-state index contributed by atoms with van der Waals surface area (Å²) >= 11 is 0. The molecule has 0 radical (unpaired) electrons. The summed E-state index contributed by atoms with van der Waals surface area (Å²) in [5.41, 5.74) is 1.51. The van der Waals surface area contributed by atoms with Gasteiger partial charge in [0.25, 0.3) is 11.8 Å². The molecule has 2 rings (SSSR count). The number of aryl methyl sites for hydroxylation is 2. The fourth-order valence-electron chi connectivity index (χ4n) is 2.95. The number of halogens is 3. The van der Waals surface area contributed by atoms with Gasteiger partial charge in [-0.05, 0) is 44.5 Å². The third-order valence-corrected chi connectivity index (χ3v) is 4.48. The van der Waals surface area contributed by atoms with Crippen LogP contribution in [-0.4, -0.2) is 31.4 Å². The van der Waals surface area contributed by atoms with Gasteiger partial charge in [-0.1, -0.05) is 29.8 Å². The van der Waals surface area contributed by atoms with Crippen molar-refractivity contribution in [2.24, 2.45) is 0 Å². The molecule has 0 bridgehead atoms. The maximum Gasteiger partial charge on any atom is 0.418 e. The van der Waals surface area contributed by atoms with Crippen molar-refractivity contribution in [3.8, 4) is 0 Å². The number of para-hydroxylation sites is 1. The van der Waals surface area contributed by atoms with Crippen LogP contribution in [0.15, 0.2) is 42.5 Å². The molecule has 0 saturated carbocycles. The number of benzene rings is 2. The minimum atomic E-state index is -4.56. The number of rotatable bonds is 7. The quantitative estimate of drug-likeness (QED) is 0.660. The minimum absolute atomic E-state index is 0.0259. The molecule has 0 saturated heterocycles. The van der Waals surface area contributed by atoms with Crippen LogP contribution in [0.3, 0.4) is 0 Å². The first-order valence-electron chi connectivity index (χ1n) is 9.27. The fraction of sp³-hybridized carbons (Fsp3) is 0.333. The lowest BCUT2D eigenvalue weighted by atomic mass is 10.1. The molecule has 0 aliphatic heterocycles. The Morgan fingerprint density at radius 2 is 1.52 bits per heavy atom. The summed E-state index contributed by atoms with van der Waals surface area (Å²) in [6, 6.07) is 10.5. The van der Waals surface area contributed by atoms with Crippen LogP contribution in [0.5, 0.6) is 0 Å². The molecule has 2 amide bonds. The van der Waals surface area contributed by atoms with Gasteiger partial charge in [-0.3, -0.25) is 9.59 Å². The van der Waals surface area contributed by atoms with Gasteiger partial charge in [0.05, 0.1) is 17.8 Å². The van der Waals surface area contributed by atoms with Crippen molar-refractivity contribution in [1.82, 2.24) is 0 Å². The molecule has 0 spiro atoms. The van der Waals surface area contributed by atoms with Crippen LogP contribution >= 0.6 is 0 Å². The Morgan fingerprint density at radius 1 is 0.931 bits per heavy atom. The first-order valence-corrected chi connectivity index (χ1v) is 9.27. The number of nitrogens with one attached hydrogen (secondary N) is 3. The molecule has 0 aromatic heterocycles. The Bertz CT molecular complexity index is 882. The van der Waals surface area contributed by atoms with E-state index in [1.54, 1.807) is 6.92 Å². The summed E-state index contributed by atoms with van der Waals surface area (Å²) in [6.07, 6.45) is -4.56. The predicted octanol–water partition coefficient (Wildman–Crippen LogP) is 2.80. The van der Waals surface area contributed by atoms with Gasteiger partial charge in [-0.2, -0.15) is 13.2 Å². The Kier molecular flexibility index (Phi) is 7.39. The van der Waals surface area contributed by atoms with Gasteiger partial charge >= 0.3 is 6.18 Å². The van der Waals surface area contributed by atoms with Crippen molar-refractivity contribution in [2.45, 2.75) is 26.9 Å². The topological polar surface area (TPSA) is 62.6 Å². The molecule has 2 aromatic rings. The Balaban J connectivity index is 1.97. The second kappa shape index (κ2) is 9.56. The van der Waals surface area contributed by atoms with Gasteiger partial charge in [0.15, 0.2) is 13.1 Å². The summed E-state index contributed by atoms with van der Waals surface area (Å²) < 4.78 is 39.2. The zero-order valence-electron chi connectivity index (χ0n) is 16.6. The highest BCUT2D eigenvalue weighted by Crippen LogP contribution is 2.34. The number of hydrogen-bond acceptors (Lipinski definition) is 2. The monoisotopic (exact) mass is 408 g/mol. The molecule has 0 aliphatic carbocycles. The highest BCUT2D eigenvalue weighted by Gasteiger charge is 2.33. The van der Waals surface area contributed by atoms with E-state index in [4.69, 9.17) is 0 Å². The zero-order valence-corrected chi connectivity index (χ0v) is 16.6. The number of carbonyl (C=O) groups is 2. The van der Waals surface area contributed by atoms with Crippen LogP contribution in [0, 0.1) is 13.8 Å². The van der Waals surface area contributed by atoms with Crippen molar-refractivity contribution < 1.29 is 27.7 Å². The lowest BCUT2D eigenvalue weighted by molar-refractivity contribution is -0.881. The molecule has 5 nitrogen and oxygen atoms in total. The first-order chi connectivity index (χ1) is 13.6. The minimum Gasteiger partial charge on any atom is -0.321 e. The third kappa shape index (κ3) is 6.60. The average Bonchev–Trinajstić information content (AvgIpc) is 2.63. The van der Waals surface area contributed by atoms with Gasteiger partial charge in [0.1, 0.15) is 0 Å². The summed E-state index contributed by atoms with van der Waals surface area (Å²) in [4.78, 5) is 25.2. The van der Waals surface area contributed by atoms with Crippen molar-refractivity contribution in [2.75, 3.05) is 30.3 Å². The Morgan fingerprint density at radius 3 is 2.07 bits per heavy atom. The number of quaternary nitrogens is 1. The molecular formula is C21H25F3N3O2+. The van der Waals surface area contributed by atoms with E-state index in [1.165, 1.54) is 18.2 Å². The zero-order chi connectivity index (χ0) is 21.6. The van der Waals surface area contributed by atoms with E-state index >= 15 is 0 Å². The maximum absolute atomic E-state index is 13.1. The standard InChI is InChI=1S/C21H24F3N3O2/c1-4-27(12-19(28)25-17-10-9-14(2)11-15(17)3)13-20(29)26-18-8-6-5-7-16(18)21(22,23)24/h5-11H,4,12-13H2,1-3H3,(H,25,28)(H,26,29)/p+1. The van der Waals surface area contributed by atoms with Crippen molar-refractivity contribution >= 4 is 23.2 Å². The molecule has 29 heavy (non-hydrogen) atoms. The van der Waals surface area contributed by atoms with Crippen LogP contribution in [0.1, 0.15) is 23.6 Å². The molecule has 2 aromatic carbocycles. The predicted molar refractivity (Wildman–Crippen MR) is 106 cm³/mol. The average molecular weight is 408 g/mol. The number of hydrogen-bond donors (Lipinski definition) is 3. The van der Waals surface area contributed by atoms with E-state index < -0.39 is 17.6 Å². The second-order valence-electron chi connectivity index (χ2n) is 6.92. The number of amides is 2. The van der Waals surface area contributed by atoms with E-state index in [0.29, 0.717) is 17.1 Å². The summed E-state index contributed by atoms with van der Waals surface area (Å²) in [7, 11) is 0. The van der Waals surface area contributed by atoms with Gasteiger partial charge in [-0.15, -0.1) is 0 Å². The van der Waals surface area contributed by atoms with Crippen LogP contribution < -0.4 is 15.5 Å². The van der Waals surface area contributed by atoms with Crippen molar-refractivity contribution in [1.29, 1.82) is 0 Å². The van der Waals surface area contributed by atoms with Crippen molar-refractivity contribution in [3.63, 3.8) is 0 Å². The molecule has 1 unspecified atom stereocenters. The van der Waals surface area contributed by atoms with Crippen LogP contribution in [0.2, 0.25) is 0 Å². The van der Waals surface area contributed by atoms with Crippen molar-refractivity contribution in [3.05, 3.63) is 59.2 Å². The molecule has 0 aliphatic rings. The van der Waals surface area contributed by atoms with Gasteiger partial charge in [-0.25, -0.2) is 0 Å². The lowest BCUT2D eigenvalue weighted by Gasteiger charge is -2.18. The molecule has 156 valence electrons. The number of anilines is 2. The van der Waals surface area contributed by atoms with E-state index in [0.717, 1.165) is 17.2 Å². The summed E-state index contributed by atoms with van der Waals surface area (Å²) in [5.74, 6) is -0.852. The highest BCUT2D eigenvalue weighted by molar-refractivity contribution is 5.94. The smallest absolute Gasteiger partial charge is 0.321 e. The summed E-state index contributed by atoms with van der Waals surface area (Å²) in [5, 5.41) is 5.12. The lowest BCUT2D eigenvalue weighted by Crippen LogP contribution is -3.13. The van der Waals surface area contributed by atoms with Gasteiger partial charge < -0.3 is 15.5 Å². The molecule has 3 N–H and O–H groups in total. The van der Waals surface area contributed by atoms with E-state index in [2.05, 4.69) is 10.6 Å². The normalized spacial score (nSPS) is 12.3. The number of carbonyl (C=O) groups excluding carboxylic acids is 2.